The lowest BCUT2D eigenvalue weighted by molar-refractivity contribution is -0.126. The minimum Gasteiger partial charge on any atom is -0.467 e. The number of rotatable bonds is 7. The van der Waals surface area contributed by atoms with Crippen LogP contribution in [0.5, 0.6) is 0 Å². The molecule has 2 amide bonds. The monoisotopic (exact) mass is 437 g/mol. The van der Waals surface area contributed by atoms with Crippen LogP contribution in [-0.4, -0.2) is 27.7 Å². The number of amides is 2. The SMILES string of the molecule is Cc1nc(C)c(C(=O)N(Cc2ccco2)C(C(=O)NC2CCCC2)c2ccccc2)s1. The minimum absolute atomic E-state index is 0.156. The van der Waals surface area contributed by atoms with Crippen molar-refractivity contribution in [2.24, 2.45) is 0 Å². The zero-order valence-corrected chi connectivity index (χ0v) is 18.7. The fraction of sp³-hybridized carbons (Fsp3) is 0.375. The standard InChI is InChI=1S/C24H27N3O3S/c1-16-22(31-17(2)25-16)24(29)27(15-20-13-8-14-30-20)21(18-9-4-3-5-10-18)23(28)26-19-11-6-7-12-19/h3-5,8-10,13-14,19,21H,6-7,11-12,15H2,1-2H3,(H,26,28). The molecule has 2 aromatic heterocycles. The van der Waals surface area contributed by atoms with Gasteiger partial charge in [-0.25, -0.2) is 4.98 Å². The number of carbonyl (C=O) groups excluding carboxylic acids is 2. The summed E-state index contributed by atoms with van der Waals surface area (Å²) in [4.78, 5) is 33.9. The molecule has 0 radical (unpaired) electrons. The second-order valence-electron chi connectivity index (χ2n) is 7.96. The van der Waals surface area contributed by atoms with E-state index in [1.807, 2.05) is 50.2 Å². The zero-order chi connectivity index (χ0) is 21.8. The number of nitrogens with zero attached hydrogens (tertiary/aromatic N) is 2. The molecule has 7 heteroatoms. The molecule has 0 aliphatic heterocycles. The fourth-order valence-electron chi connectivity index (χ4n) is 4.17. The highest BCUT2D eigenvalue weighted by molar-refractivity contribution is 7.13. The van der Waals surface area contributed by atoms with Gasteiger partial charge in [-0.15, -0.1) is 11.3 Å². The first-order valence-electron chi connectivity index (χ1n) is 10.7. The molecule has 1 aliphatic rings. The van der Waals surface area contributed by atoms with Gasteiger partial charge in [0.1, 0.15) is 16.7 Å². The third kappa shape index (κ3) is 4.88. The van der Waals surface area contributed by atoms with Crippen LogP contribution in [0.3, 0.4) is 0 Å². The van der Waals surface area contributed by atoms with Gasteiger partial charge in [-0.3, -0.25) is 9.59 Å². The van der Waals surface area contributed by atoms with E-state index in [0.717, 1.165) is 36.3 Å². The third-order valence-corrected chi connectivity index (χ3v) is 6.70. The lowest BCUT2D eigenvalue weighted by Crippen LogP contribution is -2.45. The Morgan fingerprint density at radius 3 is 2.52 bits per heavy atom. The van der Waals surface area contributed by atoms with Crippen molar-refractivity contribution in [3.8, 4) is 0 Å². The van der Waals surface area contributed by atoms with E-state index < -0.39 is 6.04 Å². The Kier molecular flexibility index (Phi) is 6.51. The summed E-state index contributed by atoms with van der Waals surface area (Å²) in [5.74, 6) is 0.258. The van der Waals surface area contributed by atoms with Gasteiger partial charge < -0.3 is 14.6 Å². The first-order chi connectivity index (χ1) is 15.0. The predicted molar refractivity (Wildman–Crippen MR) is 120 cm³/mol. The number of carbonyl (C=O) groups is 2. The van der Waals surface area contributed by atoms with Crippen LogP contribution in [0.4, 0.5) is 0 Å². The van der Waals surface area contributed by atoms with E-state index in [0.29, 0.717) is 16.3 Å². The Morgan fingerprint density at radius 2 is 1.90 bits per heavy atom. The third-order valence-electron chi connectivity index (χ3n) is 5.64. The van der Waals surface area contributed by atoms with Crippen LogP contribution in [0.1, 0.15) is 63.4 Å². The molecule has 6 nitrogen and oxygen atoms in total. The first-order valence-corrected chi connectivity index (χ1v) is 11.5. The summed E-state index contributed by atoms with van der Waals surface area (Å²) in [7, 11) is 0. The van der Waals surface area contributed by atoms with Crippen molar-refractivity contribution in [2.75, 3.05) is 0 Å². The molecule has 0 spiro atoms. The molecule has 31 heavy (non-hydrogen) atoms. The summed E-state index contributed by atoms with van der Waals surface area (Å²) < 4.78 is 5.55. The zero-order valence-electron chi connectivity index (χ0n) is 17.8. The quantitative estimate of drug-likeness (QED) is 0.576. The second-order valence-corrected chi connectivity index (χ2v) is 9.17. The van der Waals surface area contributed by atoms with Crippen molar-refractivity contribution in [2.45, 2.75) is 58.2 Å². The van der Waals surface area contributed by atoms with E-state index in [-0.39, 0.29) is 24.4 Å². The maximum atomic E-state index is 13.7. The lowest BCUT2D eigenvalue weighted by Gasteiger charge is -2.31. The summed E-state index contributed by atoms with van der Waals surface area (Å²) in [6.45, 7) is 3.91. The molecule has 3 aromatic rings. The average molecular weight is 438 g/mol. The van der Waals surface area contributed by atoms with Gasteiger partial charge in [-0.1, -0.05) is 43.2 Å². The Balaban J connectivity index is 1.73. The largest absolute Gasteiger partial charge is 0.467 e. The number of furan rings is 1. The molecule has 162 valence electrons. The van der Waals surface area contributed by atoms with E-state index in [1.54, 1.807) is 17.2 Å². The van der Waals surface area contributed by atoms with Gasteiger partial charge in [-0.2, -0.15) is 0 Å². The van der Waals surface area contributed by atoms with Crippen molar-refractivity contribution in [1.82, 2.24) is 15.2 Å². The highest BCUT2D eigenvalue weighted by Gasteiger charge is 2.35. The van der Waals surface area contributed by atoms with Crippen molar-refractivity contribution < 1.29 is 14.0 Å². The van der Waals surface area contributed by atoms with Crippen molar-refractivity contribution >= 4 is 23.2 Å². The van der Waals surface area contributed by atoms with E-state index in [2.05, 4.69) is 10.3 Å². The van der Waals surface area contributed by atoms with E-state index in [1.165, 1.54) is 11.3 Å². The molecule has 4 rings (SSSR count). The maximum Gasteiger partial charge on any atom is 0.267 e. The number of nitrogens with one attached hydrogen (secondary N) is 1. The number of hydrogen-bond acceptors (Lipinski definition) is 5. The molecule has 1 unspecified atom stereocenters. The number of aryl methyl sites for hydroxylation is 2. The Bertz CT molecular complexity index is 1020. The van der Waals surface area contributed by atoms with Crippen LogP contribution < -0.4 is 5.32 Å². The molecule has 1 fully saturated rings. The van der Waals surface area contributed by atoms with Gasteiger partial charge >= 0.3 is 0 Å². The number of thiazole rings is 1. The van der Waals surface area contributed by atoms with Crippen molar-refractivity contribution in [3.05, 3.63) is 75.6 Å². The van der Waals surface area contributed by atoms with Crippen LogP contribution in [0.25, 0.3) is 0 Å². The van der Waals surface area contributed by atoms with Gasteiger partial charge in [0, 0.05) is 6.04 Å². The second kappa shape index (κ2) is 9.47. The maximum absolute atomic E-state index is 13.7. The molecule has 1 N–H and O–H groups in total. The number of hydrogen-bond donors (Lipinski definition) is 1. The van der Waals surface area contributed by atoms with Crippen LogP contribution >= 0.6 is 11.3 Å². The molecule has 1 aliphatic carbocycles. The van der Waals surface area contributed by atoms with E-state index in [4.69, 9.17) is 4.42 Å². The summed E-state index contributed by atoms with van der Waals surface area (Å²) in [5, 5.41) is 4.01. The normalized spacial score (nSPS) is 15.0. The van der Waals surface area contributed by atoms with Crippen LogP contribution in [0.15, 0.2) is 53.1 Å². The molecule has 0 saturated heterocycles. The topological polar surface area (TPSA) is 75.4 Å². The van der Waals surface area contributed by atoms with Crippen molar-refractivity contribution in [3.63, 3.8) is 0 Å². The molecule has 1 saturated carbocycles. The Morgan fingerprint density at radius 1 is 1.16 bits per heavy atom. The van der Waals surface area contributed by atoms with Gasteiger partial charge in [0.05, 0.1) is 23.5 Å². The molecule has 0 bridgehead atoms. The lowest BCUT2D eigenvalue weighted by atomic mass is 10.0. The van der Waals surface area contributed by atoms with Gasteiger partial charge in [0.2, 0.25) is 5.91 Å². The average Bonchev–Trinajstić information content (AvgIpc) is 3.51. The van der Waals surface area contributed by atoms with E-state index >= 15 is 0 Å². The predicted octanol–water partition coefficient (Wildman–Crippen LogP) is 4.80. The molecule has 1 aromatic carbocycles. The minimum atomic E-state index is -0.763. The van der Waals surface area contributed by atoms with Gasteiger partial charge in [0.15, 0.2) is 0 Å². The summed E-state index contributed by atoms with van der Waals surface area (Å²) in [5.41, 5.74) is 1.46. The summed E-state index contributed by atoms with van der Waals surface area (Å²) in [6, 6.07) is 12.5. The Labute approximate surface area is 186 Å². The Hall–Kier alpha value is -2.93. The molecular formula is C24H27N3O3S. The number of aromatic nitrogens is 1. The fourth-order valence-corrected chi connectivity index (χ4v) is 5.05. The van der Waals surface area contributed by atoms with Crippen molar-refractivity contribution in [1.29, 1.82) is 0 Å². The number of benzene rings is 1. The highest BCUT2D eigenvalue weighted by atomic mass is 32.1. The summed E-state index contributed by atoms with van der Waals surface area (Å²) >= 11 is 1.36. The summed E-state index contributed by atoms with van der Waals surface area (Å²) in [6.07, 6.45) is 5.78. The highest BCUT2D eigenvalue weighted by Crippen LogP contribution is 2.29. The van der Waals surface area contributed by atoms with Gasteiger partial charge in [-0.05, 0) is 44.4 Å². The molecule has 1 atom stereocenters. The first kappa shape index (κ1) is 21.3. The molecule has 2 heterocycles. The smallest absolute Gasteiger partial charge is 0.267 e. The van der Waals surface area contributed by atoms with Crippen LogP contribution in [-0.2, 0) is 11.3 Å². The van der Waals surface area contributed by atoms with E-state index in [9.17, 15) is 9.59 Å². The van der Waals surface area contributed by atoms with Gasteiger partial charge in [0.25, 0.3) is 5.91 Å². The van der Waals surface area contributed by atoms with Crippen LogP contribution in [0.2, 0.25) is 0 Å². The molecular weight excluding hydrogens is 410 g/mol. The van der Waals surface area contributed by atoms with Crippen LogP contribution in [0, 0.1) is 13.8 Å².